The topological polar surface area (TPSA) is 151 Å². The number of amides is 2. The summed E-state index contributed by atoms with van der Waals surface area (Å²) < 4.78 is 1.37. The van der Waals surface area contributed by atoms with E-state index in [1.807, 2.05) is 72.8 Å². The van der Waals surface area contributed by atoms with Crippen molar-refractivity contribution in [1.82, 2.24) is 10.2 Å². The number of guanidine groups is 1. The number of benzene rings is 3. The molecule has 1 atom stereocenters. The number of rotatable bonds is 12. The molecule has 0 saturated heterocycles. The van der Waals surface area contributed by atoms with Gasteiger partial charge in [0.15, 0.2) is 5.96 Å². The lowest BCUT2D eigenvalue weighted by molar-refractivity contribution is -0.141. The van der Waals surface area contributed by atoms with E-state index in [9.17, 15) is 9.59 Å². The maximum Gasteiger partial charge on any atom is 0.240 e. The first-order valence-corrected chi connectivity index (χ1v) is 13.8. The molecule has 0 bridgehead atoms. The van der Waals surface area contributed by atoms with Gasteiger partial charge < -0.3 is 27.4 Å². The number of nitrogens with two attached hydrogens (primary N) is 3. The van der Waals surface area contributed by atoms with Crippen LogP contribution in [0, 0.1) is 5.41 Å². The predicted molar refractivity (Wildman–Crippen MR) is 158 cm³/mol. The van der Waals surface area contributed by atoms with Crippen LogP contribution >= 0.6 is 31.9 Å². The second-order valence-corrected chi connectivity index (χ2v) is 10.7. The van der Waals surface area contributed by atoms with Crippen molar-refractivity contribution in [3.63, 3.8) is 0 Å². The van der Waals surface area contributed by atoms with Gasteiger partial charge in [0.05, 0.1) is 11.6 Å². The van der Waals surface area contributed by atoms with Gasteiger partial charge in [0, 0.05) is 22.0 Å². The zero-order valence-electron chi connectivity index (χ0n) is 20.9. The minimum absolute atomic E-state index is 0.110. The highest BCUT2D eigenvalue weighted by molar-refractivity contribution is 9.11. The van der Waals surface area contributed by atoms with Crippen molar-refractivity contribution in [3.05, 3.63) is 98.4 Å². The van der Waals surface area contributed by atoms with Gasteiger partial charge >= 0.3 is 0 Å². The number of nitrogens with zero attached hydrogens (tertiary/aromatic N) is 1. The molecule has 8 N–H and O–H groups in total. The van der Waals surface area contributed by atoms with E-state index in [2.05, 4.69) is 37.2 Å². The fourth-order valence-electron chi connectivity index (χ4n) is 4.34. The Labute approximate surface area is 239 Å². The van der Waals surface area contributed by atoms with E-state index in [4.69, 9.17) is 22.6 Å². The highest BCUT2D eigenvalue weighted by Gasteiger charge is 2.34. The summed E-state index contributed by atoms with van der Waals surface area (Å²) in [5, 5.41) is 10.1. The van der Waals surface area contributed by atoms with Crippen LogP contribution in [0.15, 0.2) is 81.7 Å². The number of hydrogen-bond donors (Lipinski definition) is 5. The molecule has 3 aromatic carbocycles. The summed E-state index contributed by atoms with van der Waals surface area (Å²) in [6.45, 7) is 0.648. The first-order valence-electron chi connectivity index (χ1n) is 12.2. The maximum atomic E-state index is 14.4. The molecule has 2 amide bonds. The molecule has 0 spiro atoms. The van der Waals surface area contributed by atoms with E-state index in [1.54, 1.807) is 4.90 Å². The number of carbonyl (C=O) groups is 2. The molecular formula is C28H32Br2N6O2. The molecule has 0 aliphatic carbocycles. The summed E-state index contributed by atoms with van der Waals surface area (Å²) in [6, 6.07) is 21.9. The molecule has 10 heteroatoms. The highest BCUT2D eigenvalue weighted by atomic mass is 79.9. The zero-order valence-corrected chi connectivity index (χ0v) is 24.0. The number of hydrogen-bond acceptors (Lipinski definition) is 4. The highest BCUT2D eigenvalue weighted by Crippen LogP contribution is 2.33. The van der Waals surface area contributed by atoms with Gasteiger partial charge in [-0.2, -0.15) is 0 Å². The molecule has 0 aliphatic rings. The summed E-state index contributed by atoms with van der Waals surface area (Å²) in [5.41, 5.74) is 20.3. The van der Waals surface area contributed by atoms with Gasteiger partial charge in [-0.15, -0.1) is 0 Å². The summed E-state index contributed by atoms with van der Waals surface area (Å²) in [7, 11) is 0. The fraction of sp³-hybridized carbons (Fsp3) is 0.250. The Morgan fingerprint density at radius 1 is 0.895 bits per heavy atom. The zero-order chi connectivity index (χ0) is 27.7. The summed E-state index contributed by atoms with van der Waals surface area (Å²) in [6.07, 6.45) is 1.63. The molecule has 8 nitrogen and oxygen atoms in total. The minimum atomic E-state index is -0.843. The molecule has 38 heavy (non-hydrogen) atoms. The monoisotopic (exact) mass is 642 g/mol. The van der Waals surface area contributed by atoms with Crippen LogP contribution in [-0.4, -0.2) is 35.3 Å². The fourth-order valence-corrected chi connectivity index (χ4v) is 5.62. The number of nitrogen functional groups attached to an aromatic ring is 1. The molecule has 0 aromatic heterocycles. The van der Waals surface area contributed by atoms with Crippen molar-refractivity contribution in [1.29, 1.82) is 5.41 Å². The van der Waals surface area contributed by atoms with E-state index in [-0.39, 0.29) is 18.4 Å². The Bertz CT molecular complexity index is 1190. The van der Waals surface area contributed by atoms with Crippen LogP contribution < -0.4 is 22.5 Å². The second kappa shape index (κ2) is 14.0. The molecule has 3 aromatic rings. The van der Waals surface area contributed by atoms with Gasteiger partial charge in [0.25, 0.3) is 0 Å². The van der Waals surface area contributed by atoms with Crippen molar-refractivity contribution < 1.29 is 9.59 Å². The lowest BCUT2D eigenvalue weighted by atomic mass is 9.89. The van der Waals surface area contributed by atoms with Crippen LogP contribution in [0.2, 0.25) is 0 Å². The van der Waals surface area contributed by atoms with Crippen LogP contribution in [0.4, 0.5) is 5.69 Å². The largest absolute Gasteiger partial charge is 0.397 e. The maximum absolute atomic E-state index is 14.4. The lowest BCUT2D eigenvalue weighted by Crippen LogP contribution is -2.49. The third kappa shape index (κ3) is 7.82. The van der Waals surface area contributed by atoms with Gasteiger partial charge in [-0.05, 0) is 79.9 Å². The second-order valence-electron chi connectivity index (χ2n) is 8.95. The summed E-state index contributed by atoms with van der Waals surface area (Å²) in [4.78, 5) is 28.8. The number of unbranched alkanes of at least 4 members (excludes halogenated alkanes) is 1. The Morgan fingerprint density at radius 3 is 1.89 bits per heavy atom. The summed E-state index contributed by atoms with van der Waals surface area (Å²) in [5.74, 6) is -1.54. The van der Waals surface area contributed by atoms with Crippen molar-refractivity contribution in [2.45, 2.75) is 37.8 Å². The van der Waals surface area contributed by atoms with E-state index in [0.29, 0.717) is 40.4 Å². The van der Waals surface area contributed by atoms with Gasteiger partial charge in [-0.1, -0.05) is 60.7 Å². The molecule has 0 radical (unpaired) electrons. The third-order valence-electron chi connectivity index (χ3n) is 6.21. The Hall–Kier alpha value is -3.37. The Balaban J connectivity index is 2.02. The van der Waals surface area contributed by atoms with Gasteiger partial charge in [-0.3, -0.25) is 15.0 Å². The molecule has 0 saturated carbocycles. The van der Waals surface area contributed by atoms with Crippen LogP contribution in [0.5, 0.6) is 0 Å². The first kappa shape index (κ1) is 29.2. The predicted octanol–water partition coefficient (Wildman–Crippen LogP) is 4.46. The molecule has 200 valence electrons. The van der Waals surface area contributed by atoms with Crippen molar-refractivity contribution in [2.75, 3.05) is 12.3 Å². The Morgan fingerprint density at radius 2 is 1.42 bits per heavy atom. The number of anilines is 1. The van der Waals surface area contributed by atoms with Crippen molar-refractivity contribution in [2.24, 2.45) is 11.5 Å². The van der Waals surface area contributed by atoms with Gasteiger partial charge in [0.1, 0.15) is 6.04 Å². The van der Waals surface area contributed by atoms with Crippen molar-refractivity contribution >= 4 is 55.3 Å². The average molecular weight is 644 g/mol. The molecule has 0 aliphatic heterocycles. The quantitative estimate of drug-likeness (QED) is 0.0854. The van der Waals surface area contributed by atoms with Crippen LogP contribution in [-0.2, 0) is 16.1 Å². The normalized spacial score (nSPS) is 11.7. The molecule has 0 fully saturated rings. The lowest BCUT2D eigenvalue weighted by Gasteiger charge is -2.34. The van der Waals surface area contributed by atoms with E-state index >= 15 is 0 Å². The number of nitrogens with one attached hydrogen (secondary N) is 2. The van der Waals surface area contributed by atoms with Crippen LogP contribution in [0.25, 0.3) is 0 Å². The average Bonchev–Trinajstić information content (AvgIpc) is 2.89. The molecule has 0 unspecified atom stereocenters. The van der Waals surface area contributed by atoms with E-state index < -0.39 is 17.9 Å². The number of halogens is 2. The third-order valence-corrected chi connectivity index (χ3v) is 7.52. The van der Waals surface area contributed by atoms with Crippen LogP contribution in [0.3, 0.4) is 0 Å². The minimum Gasteiger partial charge on any atom is -0.397 e. The Kier molecular flexibility index (Phi) is 10.7. The molecule has 0 heterocycles. The standard InChI is InChI=1S/C28H32Br2N6O2/c29-21-15-18(16-22(30)25(21)31)17-36(23(26(32)37)13-7-8-14-35-28(33)34)27(38)24(19-9-3-1-4-10-19)20-11-5-2-6-12-20/h1-6,9-12,15-16,23-24H,7-8,13-14,17,31H2,(H2,32,37)(H4,33,34,35)/t23-/m1/s1. The smallest absolute Gasteiger partial charge is 0.240 e. The first-order chi connectivity index (χ1) is 18.2. The molecule has 3 rings (SSSR count). The number of primary amides is 1. The summed E-state index contributed by atoms with van der Waals surface area (Å²) >= 11 is 6.96. The SMILES string of the molecule is N=C(N)NCCCC[C@H](C(N)=O)N(Cc1cc(Br)c(N)c(Br)c1)C(=O)C(c1ccccc1)c1ccccc1. The number of carbonyl (C=O) groups excluding carboxylic acids is 2. The van der Waals surface area contributed by atoms with Gasteiger partial charge in [-0.25, -0.2) is 0 Å². The van der Waals surface area contributed by atoms with Gasteiger partial charge in [0.2, 0.25) is 11.8 Å². The van der Waals surface area contributed by atoms with E-state index in [0.717, 1.165) is 16.7 Å². The van der Waals surface area contributed by atoms with E-state index in [1.165, 1.54) is 0 Å². The molecular weight excluding hydrogens is 612 g/mol. The van der Waals surface area contributed by atoms with Crippen molar-refractivity contribution in [3.8, 4) is 0 Å². The van der Waals surface area contributed by atoms with Crippen LogP contribution in [0.1, 0.15) is 41.9 Å².